The Hall–Kier alpha value is -13.5. The zero-order valence-corrected chi connectivity index (χ0v) is 85.3. The van der Waals surface area contributed by atoms with Crippen LogP contribution in [0.3, 0.4) is 0 Å². The van der Waals surface area contributed by atoms with E-state index < -0.39 is 75.4 Å². The van der Waals surface area contributed by atoms with Gasteiger partial charge in [0.1, 0.15) is 6.54 Å². The van der Waals surface area contributed by atoms with Gasteiger partial charge in [0.25, 0.3) is 29.5 Å². The largest absolute Gasteiger partial charge is 0.402 e. The maximum atomic E-state index is 12.7. The first kappa shape index (κ1) is 110. The molecule has 5 amide bonds. The van der Waals surface area contributed by atoms with Crippen LogP contribution in [0, 0.1) is 5.92 Å². The van der Waals surface area contributed by atoms with Crippen molar-refractivity contribution in [3.05, 3.63) is 391 Å². The molecular formula is C103H88Cl7F3N16O13S4. The van der Waals surface area contributed by atoms with Crippen LogP contribution in [-0.4, -0.2) is 151 Å². The molecule has 0 spiro atoms. The second kappa shape index (κ2) is 50.6. The maximum absolute atomic E-state index is 12.7. The van der Waals surface area contributed by atoms with E-state index in [4.69, 9.17) is 86.3 Å². The Kier molecular flexibility index (Phi) is 38.0. The summed E-state index contributed by atoms with van der Waals surface area (Å²) in [6.45, 7) is 2.63. The molecule has 0 aliphatic carbocycles. The molecule has 0 saturated carbocycles. The third-order valence-electron chi connectivity index (χ3n) is 21.8. The van der Waals surface area contributed by atoms with Gasteiger partial charge in [0.15, 0.2) is 0 Å². The fourth-order valence-electron chi connectivity index (χ4n) is 14.5. The number of carbonyl (C=O) groups is 5. The van der Waals surface area contributed by atoms with Crippen molar-refractivity contribution >= 4 is 185 Å². The summed E-state index contributed by atoms with van der Waals surface area (Å²) in [5.74, 6) is -1.23. The molecule has 2 aliphatic heterocycles. The van der Waals surface area contributed by atoms with Crippen LogP contribution in [0.25, 0.3) is 56.3 Å². The molecule has 0 atom stereocenters. The number of aromatic nitrogens is 5. The van der Waals surface area contributed by atoms with Crippen LogP contribution >= 0.6 is 81.2 Å². The maximum Gasteiger partial charge on any atom is 0.402 e. The fourth-order valence-corrected chi connectivity index (χ4v) is 19.7. The Labute approximate surface area is 874 Å². The van der Waals surface area contributed by atoms with Gasteiger partial charge in [-0.25, -0.2) is 43.5 Å². The normalized spacial score (nSPS) is 12.8. The number of nitrogens with two attached hydrogens (primary N) is 1. The Bertz CT molecular complexity index is 7700. The van der Waals surface area contributed by atoms with E-state index in [0.717, 1.165) is 61.1 Å². The molecule has 2 saturated heterocycles. The Morgan fingerprint density at radius 1 is 0.363 bits per heavy atom. The molecule has 29 nitrogen and oxygen atoms in total. The van der Waals surface area contributed by atoms with E-state index in [1.165, 1.54) is 94.2 Å². The lowest BCUT2D eigenvalue weighted by Crippen LogP contribution is -2.46. The zero-order valence-electron chi connectivity index (χ0n) is 76.7. The van der Waals surface area contributed by atoms with Crippen molar-refractivity contribution in [1.29, 1.82) is 0 Å². The van der Waals surface area contributed by atoms with E-state index in [1.54, 1.807) is 152 Å². The van der Waals surface area contributed by atoms with Crippen LogP contribution < -0.4 is 51.8 Å². The minimum Gasteiger partial charge on any atom is -0.322 e. The summed E-state index contributed by atoms with van der Waals surface area (Å²) in [5, 5.41) is 28.1. The summed E-state index contributed by atoms with van der Waals surface area (Å²) in [5.41, 5.74) is 12.6. The lowest BCUT2D eigenvalue weighted by molar-refractivity contribution is -0.121. The lowest BCUT2D eigenvalue weighted by atomic mass is 9.91. The summed E-state index contributed by atoms with van der Waals surface area (Å²) < 4.78 is 137. The summed E-state index contributed by atoms with van der Waals surface area (Å²) in [4.78, 5) is 83.9. The number of hydrogen-bond donors (Lipinski definition) is 10. The molecule has 2 aliphatic rings. The number of benzene rings is 10. The van der Waals surface area contributed by atoms with Crippen LogP contribution in [0.1, 0.15) is 70.2 Å². The van der Waals surface area contributed by atoms with E-state index in [-0.39, 0.29) is 54.0 Å². The van der Waals surface area contributed by atoms with Crippen molar-refractivity contribution in [1.82, 2.24) is 44.6 Å². The highest BCUT2D eigenvalue weighted by Gasteiger charge is 2.32. The van der Waals surface area contributed by atoms with Gasteiger partial charge in [-0.05, 0) is 293 Å². The van der Waals surface area contributed by atoms with Crippen LogP contribution in [0.2, 0.25) is 35.2 Å². The second-order valence-corrected chi connectivity index (χ2v) is 42.2. The molecule has 7 heterocycles. The monoisotopic (exact) mass is 2190 g/mol. The van der Waals surface area contributed by atoms with Gasteiger partial charge >= 0.3 is 6.18 Å². The number of carbonyl (C=O) groups excluding carboxylic acids is 5. The van der Waals surface area contributed by atoms with Gasteiger partial charge < -0.3 is 37.2 Å². The van der Waals surface area contributed by atoms with Gasteiger partial charge in [-0.2, -0.15) is 17.5 Å². The number of primary sulfonamides is 1. The topological polar surface area (TPSA) is 424 Å². The molecule has 11 N–H and O–H groups in total. The summed E-state index contributed by atoms with van der Waals surface area (Å²) >= 11 is 43.5. The number of piperidine rings is 1. The smallest absolute Gasteiger partial charge is 0.322 e. The van der Waals surface area contributed by atoms with E-state index in [1.807, 2.05) is 72.8 Å². The van der Waals surface area contributed by atoms with Gasteiger partial charge in [0.05, 0.1) is 95.7 Å². The van der Waals surface area contributed by atoms with Crippen LogP contribution in [0.4, 0.5) is 47.3 Å². The molecule has 752 valence electrons. The number of pyridine rings is 5. The number of halogens is 10. The van der Waals surface area contributed by atoms with E-state index in [9.17, 15) is 70.8 Å². The second-order valence-electron chi connectivity index (χ2n) is 32.3. The summed E-state index contributed by atoms with van der Waals surface area (Å²) in [6, 6.07) is 79.2. The van der Waals surface area contributed by atoms with Crippen molar-refractivity contribution < 1.29 is 70.8 Å². The van der Waals surface area contributed by atoms with Crippen LogP contribution in [-0.2, 0) is 46.5 Å². The minimum atomic E-state index is -4.68. The summed E-state index contributed by atoms with van der Waals surface area (Å²) in [6.07, 6.45) is 8.17. The number of sulfonamides is 4. The standard InChI is InChI=1S/C24H24ClN3O.C22H21ClN4O3S.C20H15ClF3N3O3S.C19H15Cl2N3O3S.C18H13Cl2N3O3S/c25-22-9-8-20(16-21(22)23-3-1-2-12-27-23)28-24(29)19-6-4-17(5-7-19)15-18-10-13-26-14-11-18;23-20-9-6-17(15-19(20)21-3-1-2-10-25-21)26-22(28)16-4-7-18(8-5-16)31(29,30)27-13-11-24-12-14-27;21-17-9-6-14(11-16(17)18-3-1-2-10-25-18)27-19(28)13-4-7-15(8-5-13)31(29,30)26-12-20(22,23)24;1-28(26,27)24-13-5-7-14(17(21)11-13)19(25)23-12-6-8-16(20)15(10-12)18-4-2-3-9-22-18;19-15-7-4-11(9-14(15)17-3-1-2-8-22-17)23-18(24)13-6-5-12(10-16(13)20)27(21,25)26/h1-9,12,16,18,26H,10-11,13-15H2,(H,28,29);1-10,15,24H,11-14H2,(H,26,28);1-11,26H,12H2,(H,27,28);2-11,24H,1H3,(H,23,25);1-10H,(H,23,24)(H2,21,25,26). The molecule has 0 radical (unpaired) electrons. The van der Waals surface area contributed by atoms with Crippen molar-refractivity contribution in [3.63, 3.8) is 0 Å². The van der Waals surface area contributed by atoms with Crippen molar-refractivity contribution in [2.75, 3.05) is 83.4 Å². The molecule has 15 aromatic rings. The van der Waals surface area contributed by atoms with Crippen LogP contribution in [0.15, 0.2) is 337 Å². The Balaban J connectivity index is 0.000000153. The van der Waals surface area contributed by atoms with Gasteiger partial charge in [0, 0.05) is 136 Å². The molecule has 43 heteroatoms. The summed E-state index contributed by atoms with van der Waals surface area (Å²) in [7, 11) is -15.3. The quantitative estimate of drug-likeness (QED) is 0.0254. The van der Waals surface area contributed by atoms with Crippen molar-refractivity contribution in [2.45, 2.75) is 40.1 Å². The molecule has 17 rings (SSSR count). The number of nitrogens with one attached hydrogen (secondary N) is 9. The van der Waals surface area contributed by atoms with Crippen molar-refractivity contribution in [2.24, 2.45) is 11.1 Å². The van der Waals surface area contributed by atoms with Crippen molar-refractivity contribution in [3.8, 4) is 56.3 Å². The molecule has 10 aromatic carbocycles. The first-order chi connectivity index (χ1) is 69.7. The first-order valence-corrected chi connectivity index (χ1v) is 53.2. The average Bonchev–Trinajstić information content (AvgIpc) is 0.800. The van der Waals surface area contributed by atoms with Crippen LogP contribution in [0.5, 0.6) is 0 Å². The number of alkyl halides is 3. The highest BCUT2D eigenvalue weighted by molar-refractivity contribution is 7.92. The van der Waals surface area contributed by atoms with E-state index in [0.29, 0.717) is 136 Å². The molecule has 0 unspecified atom stereocenters. The molecular weight excluding hydrogens is 2100 g/mol. The third kappa shape index (κ3) is 31.5. The molecule has 0 bridgehead atoms. The van der Waals surface area contributed by atoms with Gasteiger partial charge in [-0.15, -0.1) is 0 Å². The number of rotatable bonds is 25. The molecule has 146 heavy (non-hydrogen) atoms. The predicted molar refractivity (Wildman–Crippen MR) is 567 cm³/mol. The molecule has 2 fully saturated rings. The highest BCUT2D eigenvalue weighted by Crippen LogP contribution is 2.37. The highest BCUT2D eigenvalue weighted by atomic mass is 35.5. The average molecular weight is 2190 g/mol. The number of amides is 5. The first-order valence-electron chi connectivity index (χ1n) is 44.2. The third-order valence-corrected chi connectivity index (χ3v) is 28.9. The minimum absolute atomic E-state index is 0.0297. The SMILES string of the molecule is CS(=O)(=O)Nc1ccc(C(=O)Nc2ccc(Cl)c(-c3ccccn3)c2)c(Cl)c1.NS(=O)(=O)c1ccc(C(=O)Nc2ccc(Cl)c(-c3ccccn3)c2)c(Cl)c1.O=C(Nc1ccc(Cl)c(-c2ccccn2)c1)c1ccc(CC2CCNCC2)cc1.O=C(Nc1ccc(Cl)c(-c2ccccn2)c1)c1ccc(S(=O)(=O)N2CCNCC2)cc1.O=C(Nc1ccc(Cl)c(-c2ccccn2)c1)c1ccc(S(=O)(=O)NCC(F)(F)F)cc1. The molecule has 5 aromatic heterocycles. The van der Waals surface area contributed by atoms with Gasteiger partial charge in [-0.3, -0.25) is 53.6 Å². The lowest BCUT2D eigenvalue weighted by Gasteiger charge is -2.26. The Morgan fingerprint density at radius 2 is 0.671 bits per heavy atom. The number of anilines is 6. The van der Waals surface area contributed by atoms with E-state index >= 15 is 0 Å². The van der Waals surface area contributed by atoms with Gasteiger partial charge in [0.2, 0.25) is 40.1 Å². The number of nitrogens with zero attached hydrogens (tertiary/aromatic N) is 6. The number of hydrogen-bond acceptors (Lipinski definition) is 20. The zero-order chi connectivity index (χ0) is 104. The van der Waals surface area contributed by atoms with E-state index in [2.05, 4.69) is 79.0 Å². The predicted octanol–water partition coefficient (Wildman–Crippen LogP) is 21.6. The number of piperazine rings is 1. The fraction of sp³-hybridized carbons (Fsp3) is 0.126. The Morgan fingerprint density at radius 3 is 0.986 bits per heavy atom. The van der Waals surface area contributed by atoms with Gasteiger partial charge in [-0.1, -0.05) is 124 Å².